The molecule has 0 unspecified atom stereocenters. The lowest BCUT2D eigenvalue weighted by atomic mass is 9.59. The summed E-state index contributed by atoms with van der Waals surface area (Å²) in [6.07, 6.45) is 10.3. The highest BCUT2D eigenvalue weighted by Crippen LogP contribution is 2.51. The van der Waals surface area contributed by atoms with E-state index in [1.54, 1.807) is 7.11 Å². The molecular formula is C22H40O5Si. The molecule has 0 N–H and O–H groups in total. The second-order valence-electron chi connectivity index (χ2n) is 9.80. The lowest BCUT2D eigenvalue weighted by Gasteiger charge is -2.51. The van der Waals surface area contributed by atoms with Crippen molar-refractivity contribution in [1.82, 2.24) is 0 Å². The van der Waals surface area contributed by atoms with Crippen LogP contribution in [0.1, 0.15) is 52.9 Å². The summed E-state index contributed by atoms with van der Waals surface area (Å²) in [4.78, 5) is 11.6. The van der Waals surface area contributed by atoms with Crippen LogP contribution < -0.4 is 0 Å². The lowest BCUT2D eigenvalue weighted by Crippen LogP contribution is -2.51. The van der Waals surface area contributed by atoms with Gasteiger partial charge in [-0.25, -0.2) is 0 Å². The fourth-order valence-corrected chi connectivity index (χ4v) is 5.58. The first-order valence-corrected chi connectivity index (χ1v) is 13.6. The van der Waals surface area contributed by atoms with Crippen molar-refractivity contribution < 1.29 is 23.4 Å². The van der Waals surface area contributed by atoms with E-state index in [-0.39, 0.29) is 29.5 Å². The summed E-state index contributed by atoms with van der Waals surface area (Å²) in [5.74, 6) is 0.412. The third kappa shape index (κ3) is 5.54. The predicted molar refractivity (Wildman–Crippen MR) is 114 cm³/mol. The van der Waals surface area contributed by atoms with Crippen molar-refractivity contribution >= 4 is 14.6 Å². The van der Waals surface area contributed by atoms with Crippen LogP contribution in [0.5, 0.6) is 0 Å². The maximum atomic E-state index is 11.6. The zero-order chi connectivity index (χ0) is 20.8. The Morgan fingerprint density at radius 2 is 1.96 bits per heavy atom. The van der Waals surface area contributed by atoms with E-state index in [9.17, 15) is 4.79 Å². The molecule has 5 nitrogen and oxygen atoms in total. The number of methoxy groups -OCH3 is 1. The fourth-order valence-electron chi connectivity index (χ4n) is 4.30. The predicted octanol–water partition coefficient (Wildman–Crippen LogP) is 4.72. The first kappa shape index (κ1) is 23.7. The summed E-state index contributed by atoms with van der Waals surface area (Å²) >= 11 is 0. The molecule has 4 atom stereocenters. The molecule has 6 heteroatoms. The average molecular weight is 413 g/mol. The number of fused-ring (bicyclic) bond motifs is 1. The SMILES string of the molecule is COCCOCO[C@@H]1CCC[C@@H]2C[C@H](O[Si](C)(C)C(C)(C)C)C=C[C@]21CC=O. The minimum atomic E-state index is -1.83. The molecule has 0 aliphatic heterocycles. The molecule has 1 saturated carbocycles. The van der Waals surface area contributed by atoms with Gasteiger partial charge < -0.3 is 23.4 Å². The van der Waals surface area contributed by atoms with Crippen LogP contribution in [0.25, 0.3) is 0 Å². The summed E-state index contributed by atoms with van der Waals surface area (Å²) in [5.41, 5.74) is -0.224. The first-order chi connectivity index (χ1) is 13.2. The van der Waals surface area contributed by atoms with Crippen LogP contribution >= 0.6 is 0 Å². The highest BCUT2D eigenvalue weighted by atomic mass is 28.4. The quantitative estimate of drug-likeness (QED) is 0.171. The Hall–Kier alpha value is -0.533. The molecule has 0 radical (unpaired) electrons. The summed E-state index contributed by atoms with van der Waals surface area (Å²) in [7, 11) is -0.170. The van der Waals surface area contributed by atoms with Crippen LogP contribution in [-0.4, -0.2) is 53.9 Å². The van der Waals surface area contributed by atoms with Gasteiger partial charge in [0.05, 0.1) is 25.4 Å². The van der Waals surface area contributed by atoms with Gasteiger partial charge >= 0.3 is 0 Å². The van der Waals surface area contributed by atoms with Gasteiger partial charge in [-0.3, -0.25) is 0 Å². The number of aldehydes is 1. The van der Waals surface area contributed by atoms with Crippen LogP contribution in [0.15, 0.2) is 12.2 Å². The second-order valence-corrected chi connectivity index (χ2v) is 14.6. The van der Waals surface area contributed by atoms with Gasteiger partial charge in [-0.2, -0.15) is 0 Å². The Balaban J connectivity index is 2.10. The molecule has 162 valence electrons. The number of ether oxygens (including phenoxy) is 3. The molecule has 0 saturated heterocycles. The van der Waals surface area contributed by atoms with Crippen LogP contribution in [-0.2, 0) is 23.4 Å². The normalized spacial score (nSPS) is 30.9. The van der Waals surface area contributed by atoms with Crippen molar-refractivity contribution in [3.8, 4) is 0 Å². The zero-order valence-electron chi connectivity index (χ0n) is 18.7. The minimum Gasteiger partial charge on any atom is -0.411 e. The van der Waals surface area contributed by atoms with Gasteiger partial charge in [-0.1, -0.05) is 39.3 Å². The maximum Gasteiger partial charge on any atom is 0.192 e. The van der Waals surface area contributed by atoms with Gasteiger partial charge in [0.1, 0.15) is 13.1 Å². The number of hydrogen-bond acceptors (Lipinski definition) is 5. The highest BCUT2D eigenvalue weighted by molar-refractivity contribution is 6.74. The second kappa shape index (κ2) is 9.98. The van der Waals surface area contributed by atoms with E-state index in [2.05, 4.69) is 46.0 Å². The Bertz CT molecular complexity index is 528. The molecule has 0 amide bonds. The highest BCUT2D eigenvalue weighted by Gasteiger charge is 2.50. The molecular weight excluding hydrogens is 372 g/mol. The standard InChI is InChI=1S/C22H40O5Si/c1-21(2,3)28(5,6)27-19-10-11-22(12-13-23)18(16-19)8-7-9-20(22)26-17-25-15-14-24-4/h10-11,13,18-20H,7-9,12,14-17H2,1-6H3/t18-,19-,20-,22+/m1/s1. The Morgan fingerprint density at radius 1 is 1.21 bits per heavy atom. The number of rotatable bonds is 10. The first-order valence-electron chi connectivity index (χ1n) is 10.7. The van der Waals surface area contributed by atoms with E-state index in [4.69, 9.17) is 18.6 Å². The molecule has 0 spiro atoms. The molecule has 0 aromatic heterocycles. The summed E-state index contributed by atoms with van der Waals surface area (Å²) in [6, 6.07) is 0. The van der Waals surface area contributed by atoms with E-state index in [1.807, 2.05) is 0 Å². The van der Waals surface area contributed by atoms with E-state index >= 15 is 0 Å². The monoisotopic (exact) mass is 412 g/mol. The van der Waals surface area contributed by atoms with E-state index in [1.165, 1.54) is 0 Å². The molecule has 0 bridgehead atoms. The zero-order valence-corrected chi connectivity index (χ0v) is 19.7. The van der Waals surface area contributed by atoms with Crippen molar-refractivity contribution in [3.05, 3.63) is 12.2 Å². The van der Waals surface area contributed by atoms with Crippen molar-refractivity contribution in [2.45, 2.75) is 83.2 Å². The molecule has 1 fully saturated rings. The van der Waals surface area contributed by atoms with Crippen LogP contribution in [0.4, 0.5) is 0 Å². The molecule has 2 aliphatic carbocycles. The number of hydrogen-bond donors (Lipinski definition) is 0. The lowest BCUT2D eigenvalue weighted by molar-refractivity contribution is -0.157. The Morgan fingerprint density at radius 3 is 2.61 bits per heavy atom. The fraction of sp³-hybridized carbons (Fsp3) is 0.864. The molecule has 0 aromatic carbocycles. The maximum absolute atomic E-state index is 11.6. The summed E-state index contributed by atoms with van der Waals surface area (Å²) in [6.45, 7) is 12.8. The van der Waals surface area contributed by atoms with Crippen molar-refractivity contribution in [2.24, 2.45) is 11.3 Å². The van der Waals surface area contributed by atoms with Crippen molar-refractivity contribution in [3.63, 3.8) is 0 Å². The third-order valence-electron chi connectivity index (χ3n) is 6.99. The van der Waals surface area contributed by atoms with E-state index < -0.39 is 8.32 Å². The molecule has 2 rings (SSSR count). The Kier molecular flexibility index (Phi) is 8.47. The van der Waals surface area contributed by atoms with Gasteiger partial charge in [0.15, 0.2) is 8.32 Å². The summed E-state index contributed by atoms with van der Waals surface area (Å²) in [5, 5.41) is 0.190. The van der Waals surface area contributed by atoms with Gasteiger partial charge in [0, 0.05) is 18.9 Å². The molecule has 0 aromatic rings. The van der Waals surface area contributed by atoms with E-state index in [0.717, 1.165) is 32.0 Å². The molecule has 28 heavy (non-hydrogen) atoms. The largest absolute Gasteiger partial charge is 0.411 e. The third-order valence-corrected chi connectivity index (χ3v) is 11.5. The van der Waals surface area contributed by atoms with Crippen LogP contribution in [0.2, 0.25) is 18.1 Å². The average Bonchev–Trinajstić information content (AvgIpc) is 2.61. The van der Waals surface area contributed by atoms with Gasteiger partial charge in [0.2, 0.25) is 0 Å². The van der Waals surface area contributed by atoms with Crippen molar-refractivity contribution in [1.29, 1.82) is 0 Å². The van der Waals surface area contributed by atoms with Gasteiger partial charge in [-0.15, -0.1) is 0 Å². The molecule has 0 heterocycles. The Labute approximate surface area is 172 Å². The smallest absolute Gasteiger partial charge is 0.192 e. The van der Waals surface area contributed by atoms with Crippen LogP contribution in [0.3, 0.4) is 0 Å². The van der Waals surface area contributed by atoms with E-state index in [0.29, 0.717) is 25.6 Å². The topological polar surface area (TPSA) is 54.0 Å². The van der Waals surface area contributed by atoms with Gasteiger partial charge in [0.25, 0.3) is 0 Å². The van der Waals surface area contributed by atoms with Gasteiger partial charge in [-0.05, 0) is 43.3 Å². The van der Waals surface area contributed by atoms with Crippen molar-refractivity contribution in [2.75, 3.05) is 27.1 Å². The number of carbonyl (C=O) groups excluding carboxylic acids is 1. The number of carbonyl (C=O) groups is 1. The minimum absolute atomic E-state index is 0.0177. The molecule has 2 aliphatic rings. The summed E-state index contributed by atoms with van der Waals surface area (Å²) < 4.78 is 23.3. The van der Waals surface area contributed by atoms with Crippen LogP contribution in [0, 0.1) is 11.3 Å².